The summed E-state index contributed by atoms with van der Waals surface area (Å²) < 4.78 is 10.5. The van der Waals surface area contributed by atoms with Crippen LogP contribution >= 0.6 is 0 Å². The molecule has 2 heterocycles. The number of anilines is 1. The molecule has 9 heteroatoms. The highest BCUT2D eigenvalue weighted by atomic mass is 16.5. The molecule has 0 saturated carbocycles. The number of aromatic nitrogens is 2. The maximum Gasteiger partial charge on any atom is 0.266 e. The van der Waals surface area contributed by atoms with Crippen molar-refractivity contribution >= 4 is 23.4 Å². The van der Waals surface area contributed by atoms with Gasteiger partial charge < -0.3 is 14.6 Å². The number of fused-ring (bicyclic) bond motifs is 1. The van der Waals surface area contributed by atoms with E-state index in [-0.39, 0.29) is 22.6 Å². The van der Waals surface area contributed by atoms with Crippen molar-refractivity contribution in [1.82, 2.24) is 15.5 Å². The zero-order chi connectivity index (χ0) is 22.1. The lowest BCUT2D eigenvalue weighted by Crippen LogP contribution is -2.29. The fraction of sp³-hybridized carbons (Fsp3) is 0.227. The van der Waals surface area contributed by atoms with E-state index in [0.29, 0.717) is 23.9 Å². The molecule has 2 aromatic carbocycles. The molecule has 1 aromatic heterocycles. The van der Waals surface area contributed by atoms with Crippen LogP contribution in [0.3, 0.4) is 0 Å². The quantitative estimate of drug-likeness (QED) is 0.610. The topological polar surface area (TPSA) is 115 Å². The van der Waals surface area contributed by atoms with Crippen LogP contribution in [0.4, 0.5) is 5.69 Å². The van der Waals surface area contributed by atoms with Gasteiger partial charge in [-0.3, -0.25) is 14.4 Å². The molecule has 0 fully saturated rings. The molecule has 1 N–H and O–H groups in total. The summed E-state index contributed by atoms with van der Waals surface area (Å²) in [4.78, 5) is 43.6. The van der Waals surface area contributed by atoms with Crippen LogP contribution in [0.25, 0.3) is 0 Å². The summed E-state index contributed by atoms with van der Waals surface area (Å²) in [6.45, 7) is 5.78. The smallest absolute Gasteiger partial charge is 0.266 e. The van der Waals surface area contributed by atoms with Crippen LogP contribution in [-0.4, -0.2) is 34.5 Å². The van der Waals surface area contributed by atoms with Crippen molar-refractivity contribution in [2.24, 2.45) is 0 Å². The fourth-order valence-corrected chi connectivity index (χ4v) is 3.31. The van der Waals surface area contributed by atoms with Gasteiger partial charge in [0.05, 0.1) is 23.4 Å². The Labute approximate surface area is 178 Å². The molecule has 1 aliphatic heterocycles. The summed E-state index contributed by atoms with van der Waals surface area (Å²) in [5, 5.41) is 6.45. The molecular formula is C22H20N4O5. The molecule has 1 aliphatic rings. The standard InChI is InChI=1S/C22H20N4O5/c1-4-30-16-8-6-15(7-9-16)26-21(28)17-10-5-14(11-18(17)22(26)29)19(27)23-12(2)20-24-13(3)25-31-20/h5-12H,4H2,1-3H3,(H,23,27)/t12-/m0/s1. The van der Waals surface area contributed by atoms with Crippen molar-refractivity contribution in [2.75, 3.05) is 11.5 Å². The first kappa shape index (κ1) is 20.3. The highest BCUT2D eigenvalue weighted by Crippen LogP contribution is 2.30. The number of ether oxygens (including phenoxy) is 1. The zero-order valence-corrected chi connectivity index (χ0v) is 17.2. The maximum absolute atomic E-state index is 12.9. The highest BCUT2D eigenvalue weighted by molar-refractivity contribution is 6.34. The van der Waals surface area contributed by atoms with Gasteiger partial charge >= 0.3 is 0 Å². The number of nitrogens with zero attached hydrogens (tertiary/aromatic N) is 3. The second-order valence-electron chi connectivity index (χ2n) is 7.01. The molecule has 0 radical (unpaired) electrons. The van der Waals surface area contributed by atoms with E-state index in [1.165, 1.54) is 18.2 Å². The van der Waals surface area contributed by atoms with Crippen LogP contribution < -0.4 is 15.0 Å². The van der Waals surface area contributed by atoms with Crippen LogP contribution in [0.1, 0.15) is 62.7 Å². The molecule has 4 rings (SSSR count). The molecule has 3 amide bonds. The summed E-state index contributed by atoms with van der Waals surface area (Å²) in [6.07, 6.45) is 0. The van der Waals surface area contributed by atoms with E-state index in [1.54, 1.807) is 38.1 Å². The highest BCUT2D eigenvalue weighted by Gasteiger charge is 2.37. The lowest BCUT2D eigenvalue weighted by Gasteiger charge is -2.14. The Morgan fingerprint density at radius 3 is 2.48 bits per heavy atom. The number of imide groups is 1. The largest absolute Gasteiger partial charge is 0.494 e. The Kier molecular flexibility index (Phi) is 5.24. The van der Waals surface area contributed by atoms with Gasteiger partial charge in [-0.1, -0.05) is 5.16 Å². The minimum atomic E-state index is -0.514. The average molecular weight is 420 g/mol. The minimum absolute atomic E-state index is 0.174. The SMILES string of the molecule is CCOc1ccc(N2C(=O)c3ccc(C(=O)N[C@@H](C)c4nc(C)no4)cc3C2=O)cc1. The van der Waals surface area contributed by atoms with Crippen LogP contribution in [0.2, 0.25) is 0 Å². The van der Waals surface area contributed by atoms with Gasteiger partial charge in [0.25, 0.3) is 17.7 Å². The van der Waals surface area contributed by atoms with Crippen molar-refractivity contribution < 1.29 is 23.6 Å². The van der Waals surface area contributed by atoms with Crippen LogP contribution in [-0.2, 0) is 0 Å². The van der Waals surface area contributed by atoms with Crippen molar-refractivity contribution in [3.05, 3.63) is 70.9 Å². The van der Waals surface area contributed by atoms with Gasteiger partial charge in [-0.2, -0.15) is 4.98 Å². The number of hydrogen-bond acceptors (Lipinski definition) is 7. The molecular weight excluding hydrogens is 400 g/mol. The normalized spacial score (nSPS) is 13.8. The van der Waals surface area contributed by atoms with Gasteiger partial charge in [0, 0.05) is 5.56 Å². The molecule has 0 spiro atoms. The van der Waals surface area contributed by atoms with E-state index in [2.05, 4.69) is 15.5 Å². The van der Waals surface area contributed by atoms with Crippen molar-refractivity contribution in [2.45, 2.75) is 26.8 Å². The van der Waals surface area contributed by atoms with Crippen molar-refractivity contribution in [3.63, 3.8) is 0 Å². The van der Waals surface area contributed by atoms with E-state index in [1.807, 2.05) is 6.92 Å². The number of aryl methyl sites for hydroxylation is 1. The summed E-state index contributed by atoms with van der Waals surface area (Å²) in [5.74, 6) is 0.0376. The number of benzene rings is 2. The third-order valence-electron chi connectivity index (χ3n) is 4.82. The summed E-state index contributed by atoms with van der Waals surface area (Å²) in [5.41, 5.74) is 1.10. The number of carbonyl (C=O) groups is 3. The number of carbonyl (C=O) groups excluding carboxylic acids is 3. The third-order valence-corrected chi connectivity index (χ3v) is 4.82. The van der Waals surface area contributed by atoms with Gasteiger partial charge in [-0.05, 0) is 63.2 Å². The lowest BCUT2D eigenvalue weighted by molar-refractivity contribution is 0.0920. The Morgan fingerprint density at radius 2 is 1.84 bits per heavy atom. The minimum Gasteiger partial charge on any atom is -0.494 e. The van der Waals surface area contributed by atoms with Gasteiger partial charge in [-0.25, -0.2) is 4.90 Å². The van der Waals surface area contributed by atoms with Crippen LogP contribution in [0.5, 0.6) is 5.75 Å². The summed E-state index contributed by atoms with van der Waals surface area (Å²) in [7, 11) is 0. The van der Waals surface area contributed by atoms with E-state index >= 15 is 0 Å². The molecule has 31 heavy (non-hydrogen) atoms. The molecule has 3 aromatic rings. The summed E-state index contributed by atoms with van der Waals surface area (Å²) in [6, 6.07) is 10.6. The molecule has 0 saturated heterocycles. The van der Waals surface area contributed by atoms with E-state index in [4.69, 9.17) is 9.26 Å². The molecule has 0 aliphatic carbocycles. The van der Waals surface area contributed by atoms with Crippen LogP contribution in [0, 0.1) is 6.92 Å². The zero-order valence-electron chi connectivity index (χ0n) is 17.2. The molecule has 0 unspecified atom stereocenters. The van der Waals surface area contributed by atoms with Gasteiger partial charge in [0.2, 0.25) is 5.89 Å². The lowest BCUT2D eigenvalue weighted by atomic mass is 10.1. The molecule has 0 bridgehead atoms. The van der Waals surface area contributed by atoms with Crippen LogP contribution in [0.15, 0.2) is 47.0 Å². The molecule has 1 atom stereocenters. The first-order valence-corrected chi connectivity index (χ1v) is 9.75. The monoisotopic (exact) mass is 420 g/mol. The van der Waals surface area contributed by atoms with E-state index in [9.17, 15) is 14.4 Å². The summed E-state index contributed by atoms with van der Waals surface area (Å²) >= 11 is 0. The Hall–Kier alpha value is -4.01. The second-order valence-corrected chi connectivity index (χ2v) is 7.01. The number of amides is 3. The first-order chi connectivity index (χ1) is 14.9. The maximum atomic E-state index is 12.9. The van der Waals surface area contributed by atoms with Gasteiger partial charge in [-0.15, -0.1) is 0 Å². The van der Waals surface area contributed by atoms with Gasteiger partial charge in [0.1, 0.15) is 11.8 Å². The first-order valence-electron chi connectivity index (χ1n) is 9.75. The average Bonchev–Trinajstić information content (AvgIpc) is 3.30. The molecule has 158 valence electrons. The Balaban J connectivity index is 1.55. The number of nitrogens with one attached hydrogen (secondary N) is 1. The predicted molar refractivity (Wildman–Crippen MR) is 110 cm³/mol. The second kappa shape index (κ2) is 8.02. The number of hydrogen-bond donors (Lipinski definition) is 1. The fourth-order valence-electron chi connectivity index (χ4n) is 3.31. The predicted octanol–water partition coefficient (Wildman–Crippen LogP) is 3.07. The third kappa shape index (κ3) is 3.77. The number of rotatable bonds is 6. The Bertz CT molecular complexity index is 1170. The van der Waals surface area contributed by atoms with Gasteiger partial charge in [0.15, 0.2) is 5.82 Å². The molecule has 9 nitrogen and oxygen atoms in total. The van der Waals surface area contributed by atoms with E-state index < -0.39 is 23.8 Å². The van der Waals surface area contributed by atoms with Crippen molar-refractivity contribution in [3.8, 4) is 5.75 Å². The Morgan fingerprint density at radius 1 is 1.13 bits per heavy atom. The van der Waals surface area contributed by atoms with Crippen molar-refractivity contribution in [1.29, 1.82) is 0 Å². The van der Waals surface area contributed by atoms with E-state index in [0.717, 1.165) is 4.90 Å².